The molecule has 1 unspecified atom stereocenters. The molecular weight excluding hydrogens is 548 g/mol. The van der Waals surface area contributed by atoms with Gasteiger partial charge in [-0.15, -0.1) is 0 Å². The summed E-state index contributed by atoms with van der Waals surface area (Å²) < 4.78 is 8.35. The number of nitrogens with zero attached hydrogens (tertiary/aromatic N) is 7. The number of hydrogen-bond acceptors (Lipinski definition) is 9. The van der Waals surface area contributed by atoms with Crippen LogP contribution in [0.1, 0.15) is 58.7 Å². The molecule has 4 aromatic rings. The van der Waals surface area contributed by atoms with Gasteiger partial charge >= 0.3 is 5.97 Å². The number of nitrogens with one attached hydrogen (secondary N) is 1. The molecule has 41 heavy (non-hydrogen) atoms. The largest absolute Gasteiger partial charge is 0.479 e. The maximum atomic E-state index is 13.1. The zero-order valence-corrected chi connectivity index (χ0v) is 24.1. The van der Waals surface area contributed by atoms with E-state index >= 15 is 0 Å². The summed E-state index contributed by atoms with van der Waals surface area (Å²) in [5, 5.41) is 27.7. The predicted octanol–water partition coefficient (Wildman–Crippen LogP) is 3.98. The Morgan fingerprint density at radius 3 is 2.49 bits per heavy atom. The number of carboxylic acids is 1. The fourth-order valence-corrected chi connectivity index (χ4v) is 4.74. The summed E-state index contributed by atoms with van der Waals surface area (Å²) in [6.07, 6.45) is 3.00. The number of benzene rings is 1. The maximum absolute atomic E-state index is 13.1. The van der Waals surface area contributed by atoms with E-state index in [0.717, 1.165) is 0 Å². The van der Waals surface area contributed by atoms with Crippen LogP contribution in [-0.4, -0.2) is 56.6 Å². The third-order valence-corrected chi connectivity index (χ3v) is 6.57. The Morgan fingerprint density at radius 1 is 1.24 bits per heavy atom. The zero-order valence-electron chi connectivity index (χ0n) is 23.4. The lowest BCUT2D eigenvalue weighted by Gasteiger charge is -2.24. The molecule has 0 saturated heterocycles. The lowest BCUT2D eigenvalue weighted by molar-refractivity contribution is 0.0688. The van der Waals surface area contributed by atoms with Crippen molar-refractivity contribution in [1.29, 1.82) is 5.26 Å². The molecule has 13 heteroatoms. The number of pyridine rings is 1. The quantitative estimate of drug-likeness (QED) is 0.299. The van der Waals surface area contributed by atoms with Gasteiger partial charge in [0.15, 0.2) is 5.69 Å². The van der Waals surface area contributed by atoms with Crippen molar-refractivity contribution in [3.05, 3.63) is 86.2 Å². The minimum Gasteiger partial charge on any atom is -0.479 e. The molecule has 0 aliphatic carbocycles. The van der Waals surface area contributed by atoms with Crippen LogP contribution >= 0.6 is 11.6 Å². The van der Waals surface area contributed by atoms with E-state index < -0.39 is 12.0 Å². The van der Waals surface area contributed by atoms with Gasteiger partial charge in [-0.2, -0.15) is 15.3 Å². The summed E-state index contributed by atoms with van der Waals surface area (Å²) in [4.78, 5) is 36.3. The van der Waals surface area contributed by atoms with E-state index in [4.69, 9.17) is 16.3 Å². The second-order valence-corrected chi connectivity index (χ2v) is 10.2. The number of aromatic nitrogens is 5. The number of ether oxygens (including phenoxy) is 1. The van der Waals surface area contributed by atoms with Crippen molar-refractivity contribution >= 4 is 29.2 Å². The van der Waals surface area contributed by atoms with E-state index in [-0.39, 0.29) is 28.7 Å². The number of hydrogen-bond donors (Lipinski definition) is 2. The van der Waals surface area contributed by atoms with Gasteiger partial charge in [-0.1, -0.05) is 37.6 Å². The summed E-state index contributed by atoms with van der Waals surface area (Å²) in [6, 6.07) is 9.34. The number of aromatic carboxylic acids is 1. The molecule has 0 bridgehead atoms. The zero-order chi connectivity index (χ0) is 30.0. The van der Waals surface area contributed by atoms with Crippen LogP contribution in [0.25, 0.3) is 5.69 Å². The van der Waals surface area contributed by atoms with Crippen LogP contribution in [-0.2, 0) is 7.05 Å². The first-order valence-corrected chi connectivity index (χ1v) is 12.9. The van der Waals surface area contributed by atoms with Gasteiger partial charge in [0, 0.05) is 32.9 Å². The average molecular weight is 577 g/mol. The number of anilines is 2. The van der Waals surface area contributed by atoms with Crippen LogP contribution in [0.2, 0.25) is 5.02 Å². The highest BCUT2D eigenvalue weighted by Gasteiger charge is 2.33. The van der Waals surface area contributed by atoms with E-state index in [9.17, 15) is 20.0 Å². The van der Waals surface area contributed by atoms with Gasteiger partial charge in [-0.05, 0) is 29.7 Å². The SMILES string of the molecule is COc1nc(N(C)C)ncc1-n1nc(C(=O)O)c(C(Nc2cc(Cl)cn(C)c2=O)c2ccc(C#N)cc2)c1C(C)C. The Morgan fingerprint density at radius 2 is 1.93 bits per heavy atom. The van der Waals surface area contributed by atoms with Crippen molar-refractivity contribution < 1.29 is 14.6 Å². The number of halogens is 1. The van der Waals surface area contributed by atoms with Gasteiger partial charge in [0.1, 0.15) is 11.4 Å². The summed E-state index contributed by atoms with van der Waals surface area (Å²) >= 11 is 6.28. The summed E-state index contributed by atoms with van der Waals surface area (Å²) in [5.41, 5.74) is 1.76. The molecule has 0 aliphatic rings. The smallest absolute Gasteiger partial charge is 0.356 e. The van der Waals surface area contributed by atoms with Crippen LogP contribution in [0, 0.1) is 11.3 Å². The van der Waals surface area contributed by atoms with E-state index in [1.807, 2.05) is 13.8 Å². The Kier molecular flexibility index (Phi) is 8.30. The second-order valence-electron chi connectivity index (χ2n) is 9.78. The van der Waals surface area contributed by atoms with Gasteiger partial charge in [-0.25, -0.2) is 14.5 Å². The molecule has 3 heterocycles. The summed E-state index contributed by atoms with van der Waals surface area (Å²) in [5.74, 6) is -0.932. The number of carbonyl (C=O) groups is 1. The number of nitriles is 1. The first-order valence-electron chi connectivity index (χ1n) is 12.5. The van der Waals surface area contributed by atoms with Crippen molar-refractivity contribution in [2.75, 3.05) is 31.4 Å². The van der Waals surface area contributed by atoms with Crippen molar-refractivity contribution in [3.8, 4) is 17.6 Å². The Labute approximate surface area is 241 Å². The number of rotatable bonds is 9. The highest BCUT2D eigenvalue weighted by Crippen LogP contribution is 2.37. The minimum absolute atomic E-state index is 0.157. The summed E-state index contributed by atoms with van der Waals surface area (Å²) in [7, 11) is 6.60. The van der Waals surface area contributed by atoms with Crippen molar-refractivity contribution in [2.24, 2.45) is 7.05 Å². The molecule has 0 spiro atoms. The molecule has 212 valence electrons. The van der Waals surface area contributed by atoms with Crippen LogP contribution in [0.4, 0.5) is 11.6 Å². The van der Waals surface area contributed by atoms with Gasteiger partial charge in [0.2, 0.25) is 11.8 Å². The monoisotopic (exact) mass is 576 g/mol. The highest BCUT2D eigenvalue weighted by molar-refractivity contribution is 6.30. The number of methoxy groups -OCH3 is 1. The normalized spacial score (nSPS) is 11.7. The van der Waals surface area contributed by atoms with Crippen molar-refractivity contribution in [3.63, 3.8) is 0 Å². The fraction of sp³-hybridized carbons (Fsp3) is 0.286. The number of carboxylic acid groups (broad SMARTS) is 1. The van der Waals surface area contributed by atoms with Crippen molar-refractivity contribution in [1.82, 2.24) is 24.3 Å². The average Bonchev–Trinajstić information content (AvgIpc) is 3.34. The molecule has 0 aliphatic heterocycles. The molecule has 0 amide bonds. The predicted molar refractivity (Wildman–Crippen MR) is 154 cm³/mol. The molecule has 3 aromatic heterocycles. The Hall–Kier alpha value is -4.89. The topological polar surface area (TPSA) is 151 Å². The minimum atomic E-state index is -1.27. The first kappa shape index (κ1) is 29.1. The Balaban J connectivity index is 2.05. The van der Waals surface area contributed by atoms with Crippen LogP contribution < -0.4 is 20.5 Å². The molecular formula is C28H29ClN8O4. The number of aryl methyl sites for hydroxylation is 1. The first-order chi connectivity index (χ1) is 19.5. The van der Waals surface area contributed by atoms with E-state index in [0.29, 0.717) is 39.0 Å². The summed E-state index contributed by atoms with van der Waals surface area (Å²) in [6.45, 7) is 3.80. The van der Waals surface area contributed by atoms with Gasteiger partial charge < -0.3 is 24.6 Å². The molecule has 4 rings (SSSR count). The highest BCUT2D eigenvalue weighted by atomic mass is 35.5. The molecule has 2 N–H and O–H groups in total. The molecule has 12 nitrogen and oxygen atoms in total. The van der Waals surface area contributed by atoms with E-state index in [1.54, 1.807) is 50.3 Å². The Bertz CT molecular complexity index is 1700. The van der Waals surface area contributed by atoms with Crippen LogP contribution in [0.5, 0.6) is 5.88 Å². The maximum Gasteiger partial charge on any atom is 0.356 e. The van der Waals surface area contributed by atoms with Crippen LogP contribution in [0.3, 0.4) is 0 Å². The van der Waals surface area contributed by atoms with Crippen molar-refractivity contribution in [2.45, 2.75) is 25.8 Å². The molecule has 0 radical (unpaired) electrons. The van der Waals surface area contributed by atoms with Gasteiger partial charge in [0.05, 0.1) is 41.7 Å². The third kappa shape index (κ3) is 5.71. The van der Waals surface area contributed by atoms with E-state index in [1.165, 1.54) is 34.8 Å². The van der Waals surface area contributed by atoms with Gasteiger partial charge in [-0.3, -0.25) is 4.79 Å². The van der Waals surface area contributed by atoms with Crippen LogP contribution in [0.15, 0.2) is 47.5 Å². The molecule has 0 fully saturated rings. The molecule has 1 aromatic carbocycles. The lowest BCUT2D eigenvalue weighted by atomic mass is 9.91. The standard InChI is InChI=1S/C28H29ClN8O4/c1-15(2)24-21(23(27(39)40)34-37(24)20-13-31-28(35(3)4)33-25(20)41-6)22(17-9-7-16(12-30)8-10-17)32-19-11-18(29)14-36(5)26(19)38/h7-11,13-15,22,32H,1-6H3,(H,39,40). The fourth-order valence-electron chi connectivity index (χ4n) is 4.49. The van der Waals surface area contributed by atoms with Gasteiger partial charge in [0.25, 0.3) is 5.56 Å². The third-order valence-electron chi connectivity index (χ3n) is 6.36. The molecule has 1 atom stereocenters. The molecule has 0 saturated carbocycles. The van der Waals surface area contributed by atoms with E-state index in [2.05, 4.69) is 26.5 Å². The second kappa shape index (κ2) is 11.7. The lowest BCUT2D eigenvalue weighted by Crippen LogP contribution is -2.25.